The van der Waals surface area contributed by atoms with Gasteiger partial charge >= 0.3 is 5.97 Å². The smallest absolute Gasteiger partial charge is 0.336 e. The van der Waals surface area contributed by atoms with E-state index in [4.69, 9.17) is 0 Å². The maximum absolute atomic E-state index is 12.4. The summed E-state index contributed by atoms with van der Waals surface area (Å²) in [4.78, 5) is 25.7. The first-order valence-corrected chi connectivity index (χ1v) is 8.24. The van der Waals surface area contributed by atoms with E-state index in [0.29, 0.717) is 24.2 Å². The van der Waals surface area contributed by atoms with Gasteiger partial charge in [-0.15, -0.1) is 0 Å². The number of carbonyl (C=O) groups excluding carboxylic acids is 1. The molecule has 0 bridgehead atoms. The van der Waals surface area contributed by atoms with E-state index in [-0.39, 0.29) is 11.8 Å². The zero-order valence-corrected chi connectivity index (χ0v) is 14.0. The van der Waals surface area contributed by atoms with Crippen LogP contribution in [0.3, 0.4) is 0 Å². The average Bonchev–Trinajstić information content (AvgIpc) is 3.03. The molecule has 2 aromatic rings. The maximum Gasteiger partial charge on any atom is 0.336 e. The van der Waals surface area contributed by atoms with Gasteiger partial charge in [0.05, 0.1) is 5.56 Å². The highest BCUT2D eigenvalue weighted by Crippen LogP contribution is 2.31. The largest absolute Gasteiger partial charge is 0.478 e. The average molecular weight is 323 g/mol. The van der Waals surface area contributed by atoms with Crippen molar-refractivity contribution in [1.29, 1.82) is 0 Å². The molecule has 24 heavy (non-hydrogen) atoms. The molecule has 0 fully saturated rings. The SMILES string of the molecule is CC[C@H](C)C(=O)N1Cc2ccc(-c3ccccc3C(=O)O)cc2C1. The molecule has 1 aliphatic heterocycles. The summed E-state index contributed by atoms with van der Waals surface area (Å²) in [7, 11) is 0. The highest BCUT2D eigenvalue weighted by atomic mass is 16.4. The third-order valence-electron chi connectivity index (χ3n) is 4.74. The van der Waals surface area contributed by atoms with E-state index in [1.807, 2.05) is 49.1 Å². The molecular weight excluding hydrogens is 302 g/mol. The van der Waals surface area contributed by atoms with E-state index in [0.717, 1.165) is 23.1 Å². The molecule has 0 aromatic heterocycles. The monoisotopic (exact) mass is 323 g/mol. The minimum absolute atomic E-state index is 0.0338. The zero-order chi connectivity index (χ0) is 17.3. The molecule has 0 saturated carbocycles. The number of rotatable bonds is 4. The van der Waals surface area contributed by atoms with Gasteiger partial charge in [0.1, 0.15) is 0 Å². The molecule has 0 saturated heterocycles. The molecule has 0 unspecified atom stereocenters. The fraction of sp³-hybridized carbons (Fsp3) is 0.300. The topological polar surface area (TPSA) is 57.6 Å². The summed E-state index contributed by atoms with van der Waals surface area (Å²) in [5.74, 6) is -0.715. The molecule has 1 atom stereocenters. The molecule has 3 rings (SSSR count). The summed E-state index contributed by atoms with van der Waals surface area (Å²) in [5, 5.41) is 9.37. The van der Waals surface area contributed by atoms with Crippen molar-refractivity contribution >= 4 is 11.9 Å². The Labute approximate surface area is 141 Å². The quantitative estimate of drug-likeness (QED) is 0.927. The standard InChI is InChI=1S/C20H21NO3/c1-3-13(2)19(22)21-11-15-9-8-14(10-16(15)12-21)17-6-4-5-7-18(17)20(23)24/h4-10,13H,3,11-12H2,1-2H3,(H,23,24)/t13-/m0/s1. The molecule has 1 aliphatic rings. The maximum atomic E-state index is 12.4. The lowest BCUT2D eigenvalue weighted by molar-refractivity contribution is -0.135. The lowest BCUT2D eigenvalue weighted by Gasteiger charge is -2.19. The summed E-state index contributed by atoms with van der Waals surface area (Å²) in [6.07, 6.45) is 0.836. The van der Waals surface area contributed by atoms with Gasteiger partial charge in [-0.3, -0.25) is 4.79 Å². The van der Waals surface area contributed by atoms with Crippen molar-refractivity contribution < 1.29 is 14.7 Å². The minimum Gasteiger partial charge on any atom is -0.478 e. The predicted molar refractivity (Wildman–Crippen MR) is 92.5 cm³/mol. The Morgan fingerprint density at radius 3 is 2.54 bits per heavy atom. The highest BCUT2D eigenvalue weighted by Gasteiger charge is 2.26. The number of amides is 1. The van der Waals surface area contributed by atoms with Crippen LogP contribution in [0.4, 0.5) is 0 Å². The molecule has 0 aliphatic carbocycles. The van der Waals surface area contributed by atoms with Gasteiger partial charge in [0, 0.05) is 19.0 Å². The van der Waals surface area contributed by atoms with Crippen molar-refractivity contribution in [3.63, 3.8) is 0 Å². The first-order valence-electron chi connectivity index (χ1n) is 8.24. The van der Waals surface area contributed by atoms with Gasteiger partial charge in [-0.25, -0.2) is 4.79 Å². The Morgan fingerprint density at radius 1 is 1.12 bits per heavy atom. The van der Waals surface area contributed by atoms with Crippen LogP contribution >= 0.6 is 0 Å². The molecule has 1 amide bonds. The lowest BCUT2D eigenvalue weighted by atomic mass is 9.97. The van der Waals surface area contributed by atoms with Crippen LogP contribution in [0.5, 0.6) is 0 Å². The lowest BCUT2D eigenvalue weighted by Crippen LogP contribution is -2.30. The summed E-state index contributed by atoms with van der Waals surface area (Å²) in [6, 6.07) is 13.0. The second-order valence-electron chi connectivity index (χ2n) is 6.34. The number of hydrogen-bond acceptors (Lipinski definition) is 2. The molecule has 0 radical (unpaired) electrons. The summed E-state index contributed by atoms with van der Waals surface area (Å²) >= 11 is 0. The van der Waals surface area contributed by atoms with E-state index in [1.165, 1.54) is 0 Å². The first-order chi connectivity index (χ1) is 11.5. The second-order valence-corrected chi connectivity index (χ2v) is 6.34. The Hall–Kier alpha value is -2.62. The fourth-order valence-corrected chi connectivity index (χ4v) is 3.13. The number of carbonyl (C=O) groups is 2. The van der Waals surface area contributed by atoms with Crippen molar-refractivity contribution in [1.82, 2.24) is 4.90 Å². The van der Waals surface area contributed by atoms with Crippen molar-refractivity contribution in [3.05, 3.63) is 59.2 Å². The van der Waals surface area contributed by atoms with E-state index < -0.39 is 5.97 Å². The van der Waals surface area contributed by atoms with E-state index in [1.54, 1.807) is 12.1 Å². The minimum atomic E-state index is -0.931. The number of carboxylic acids is 1. The fourth-order valence-electron chi connectivity index (χ4n) is 3.13. The highest BCUT2D eigenvalue weighted by molar-refractivity contribution is 5.96. The summed E-state index contributed by atoms with van der Waals surface area (Å²) in [6.45, 7) is 5.22. The molecule has 4 heteroatoms. The van der Waals surface area contributed by atoms with E-state index in [9.17, 15) is 14.7 Å². The van der Waals surface area contributed by atoms with Crippen LogP contribution in [-0.4, -0.2) is 21.9 Å². The van der Waals surface area contributed by atoms with Gasteiger partial charge < -0.3 is 10.0 Å². The molecule has 2 aromatic carbocycles. The summed E-state index contributed by atoms with van der Waals surface area (Å²) < 4.78 is 0. The van der Waals surface area contributed by atoms with Crippen molar-refractivity contribution in [2.24, 2.45) is 5.92 Å². The van der Waals surface area contributed by atoms with Crippen LogP contribution < -0.4 is 0 Å². The number of nitrogens with zero attached hydrogens (tertiary/aromatic N) is 1. The van der Waals surface area contributed by atoms with Crippen LogP contribution in [0.25, 0.3) is 11.1 Å². The van der Waals surface area contributed by atoms with E-state index >= 15 is 0 Å². The van der Waals surface area contributed by atoms with Gasteiger partial charge in [0.15, 0.2) is 0 Å². The third-order valence-corrected chi connectivity index (χ3v) is 4.74. The number of aromatic carboxylic acids is 1. The third kappa shape index (κ3) is 2.92. The van der Waals surface area contributed by atoms with Gasteiger partial charge in [-0.2, -0.15) is 0 Å². The molecule has 1 heterocycles. The molecule has 4 nitrogen and oxygen atoms in total. The summed E-state index contributed by atoms with van der Waals surface area (Å²) in [5.41, 5.74) is 4.12. The van der Waals surface area contributed by atoms with Crippen LogP contribution in [-0.2, 0) is 17.9 Å². The van der Waals surface area contributed by atoms with Gasteiger partial charge in [0.2, 0.25) is 5.91 Å². The zero-order valence-electron chi connectivity index (χ0n) is 14.0. The van der Waals surface area contributed by atoms with Crippen LogP contribution in [0, 0.1) is 5.92 Å². The Kier molecular flexibility index (Phi) is 4.38. The Morgan fingerprint density at radius 2 is 1.83 bits per heavy atom. The van der Waals surface area contributed by atoms with Crippen LogP contribution in [0.15, 0.2) is 42.5 Å². The number of carboxylic acid groups (broad SMARTS) is 1. The molecule has 124 valence electrons. The van der Waals surface area contributed by atoms with Crippen molar-refractivity contribution in [3.8, 4) is 11.1 Å². The molecular formula is C20H21NO3. The van der Waals surface area contributed by atoms with Gasteiger partial charge in [0.25, 0.3) is 0 Å². The van der Waals surface area contributed by atoms with Crippen molar-refractivity contribution in [2.45, 2.75) is 33.4 Å². The van der Waals surface area contributed by atoms with Crippen LogP contribution in [0.1, 0.15) is 41.8 Å². The Balaban J connectivity index is 1.91. The van der Waals surface area contributed by atoms with Gasteiger partial charge in [-0.05, 0) is 40.8 Å². The predicted octanol–water partition coefficient (Wildman–Crippen LogP) is 3.94. The van der Waals surface area contributed by atoms with Crippen molar-refractivity contribution in [2.75, 3.05) is 0 Å². The normalized spacial score (nSPS) is 14.3. The second kappa shape index (κ2) is 6.48. The Bertz CT molecular complexity index is 797. The van der Waals surface area contributed by atoms with E-state index in [2.05, 4.69) is 0 Å². The van der Waals surface area contributed by atoms with Crippen LogP contribution in [0.2, 0.25) is 0 Å². The first kappa shape index (κ1) is 16.2. The number of benzene rings is 2. The number of hydrogen-bond donors (Lipinski definition) is 1. The molecule has 1 N–H and O–H groups in total. The number of fused-ring (bicyclic) bond motifs is 1. The van der Waals surface area contributed by atoms with Gasteiger partial charge in [-0.1, -0.05) is 44.2 Å². The molecule has 0 spiro atoms.